The van der Waals surface area contributed by atoms with Crippen molar-refractivity contribution in [2.24, 2.45) is 0 Å². The van der Waals surface area contributed by atoms with Gasteiger partial charge in [0.15, 0.2) is 0 Å². The molecular formula is C8H14N2O. The van der Waals surface area contributed by atoms with Crippen molar-refractivity contribution in [1.29, 1.82) is 0 Å². The van der Waals surface area contributed by atoms with Crippen LogP contribution in [0.2, 0.25) is 0 Å². The number of aryl methyl sites for hydroxylation is 4. The Morgan fingerprint density at radius 3 is 1.00 bits per heavy atom. The lowest BCUT2D eigenvalue weighted by Crippen LogP contribution is -1.97. The molecule has 0 spiro atoms. The normalized spacial score (nSPS) is 9.09. The third-order valence-corrected chi connectivity index (χ3v) is 1.72. The second-order valence-corrected chi connectivity index (χ2v) is 2.57. The molecular weight excluding hydrogens is 140 g/mol. The fourth-order valence-corrected chi connectivity index (χ4v) is 0.827. The molecule has 0 aromatic carbocycles. The highest BCUT2D eigenvalue weighted by molar-refractivity contribution is 5.16. The summed E-state index contributed by atoms with van der Waals surface area (Å²) in [6.07, 6.45) is 0. The van der Waals surface area contributed by atoms with Crippen LogP contribution in [0, 0.1) is 27.7 Å². The lowest BCUT2D eigenvalue weighted by Gasteiger charge is -2.01. The van der Waals surface area contributed by atoms with E-state index in [4.69, 9.17) is 0 Å². The Bertz CT molecular complexity index is 208. The van der Waals surface area contributed by atoms with Crippen molar-refractivity contribution < 1.29 is 5.48 Å². The van der Waals surface area contributed by atoms with Gasteiger partial charge in [-0.1, -0.05) is 0 Å². The van der Waals surface area contributed by atoms with Gasteiger partial charge in [-0.15, -0.1) is 0 Å². The first-order chi connectivity index (χ1) is 4.61. The van der Waals surface area contributed by atoms with Crippen molar-refractivity contribution in [3.05, 3.63) is 22.8 Å². The minimum absolute atomic E-state index is 0. The van der Waals surface area contributed by atoms with Crippen LogP contribution in [0.25, 0.3) is 0 Å². The summed E-state index contributed by atoms with van der Waals surface area (Å²) in [6.45, 7) is 7.92. The summed E-state index contributed by atoms with van der Waals surface area (Å²) in [4.78, 5) is 8.62. The minimum atomic E-state index is 0. The molecule has 0 amide bonds. The minimum Gasteiger partial charge on any atom is -0.412 e. The SMILES string of the molecule is Cc1nc(C)c(C)nc1C.O. The van der Waals surface area contributed by atoms with E-state index in [1.807, 2.05) is 27.7 Å². The molecule has 0 unspecified atom stereocenters. The fraction of sp³-hybridized carbons (Fsp3) is 0.500. The van der Waals surface area contributed by atoms with E-state index in [0.717, 1.165) is 22.8 Å². The van der Waals surface area contributed by atoms with Crippen LogP contribution < -0.4 is 0 Å². The van der Waals surface area contributed by atoms with Crippen molar-refractivity contribution in [1.82, 2.24) is 9.97 Å². The average Bonchev–Trinajstić information content (AvgIpc) is 1.84. The molecule has 3 nitrogen and oxygen atoms in total. The molecule has 0 aliphatic carbocycles. The van der Waals surface area contributed by atoms with Crippen molar-refractivity contribution >= 4 is 0 Å². The second kappa shape index (κ2) is 3.44. The Morgan fingerprint density at radius 2 is 0.818 bits per heavy atom. The van der Waals surface area contributed by atoms with E-state index >= 15 is 0 Å². The Balaban J connectivity index is 0.000001000. The van der Waals surface area contributed by atoms with E-state index in [1.54, 1.807) is 0 Å². The molecule has 1 heterocycles. The number of aromatic nitrogens is 2. The maximum Gasteiger partial charge on any atom is 0.0588 e. The van der Waals surface area contributed by atoms with E-state index in [2.05, 4.69) is 9.97 Å². The molecule has 62 valence electrons. The van der Waals surface area contributed by atoms with Crippen LogP contribution in [0.1, 0.15) is 22.8 Å². The van der Waals surface area contributed by atoms with Gasteiger partial charge in [0.05, 0.1) is 22.8 Å². The van der Waals surface area contributed by atoms with Crippen LogP contribution in [-0.4, -0.2) is 15.4 Å². The molecule has 0 atom stereocenters. The van der Waals surface area contributed by atoms with Gasteiger partial charge in [-0.25, -0.2) is 0 Å². The molecule has 11 heavy (non-hydrogen) atoms. The molecule has 0 bridgehead atoms. The van der Waals surface area contributed by atoms with Gasteiger partial charge in [-0.05, 0) is 27.7 Å². The summed E-state index contributed by atoms with van der Waals surface area (Å²) >= 11 is 0. The first kappa shape index (κ1) is 10.0. The first-order valence-corrected chi connectivity index (χ1v) is 3.39. The van der Waals surface area contributed by atoms with Crippen molar-refractivity contribution in [3.8, 4) is 0 Å². The van der Waals surface area contributed by atoms with Crippen molar-refractivity contribution in [2.75, 3.05) is 0 Å². The summed E-state index contributed by atoms with van der Waals surface area (Å²) in [6, 6.07) is 0. The van der Waals surface area contributed by atoms with Gasteiger partial charge >= 0.3 is 0 Å². The largest absolute Gasteiger partial charge is 0.412 e. The summed E-state index contributed by atoms with van der Waals surface area (Å²) in [5.41, 5.74) is 4.12. The Labute approximate surface area is 66.8 Å². The molecule has 0 aliphatic rings. The van der Waals surface area contributed by atoms with Crippen molar-refractivity contribution in [3.63, 3.8) is 0 Å². The van der Waals surface area contributed by atoms with Gasteiger partial charge in [0.1, 0.15) is 0 Å². The van der Waals surface area contributed by atoms with Crippen LogP contribution in [0.15, 0.2) is 0 Å². The van der Waals surface area contributed by atoms with Gasteiger partial charge in [0, 0.05) is 0 Å². The molecule has 0 saturated heterocycles. The van der Waals surface area contributed by atoms with Crippen LogP contribution in [0.3, 0.4) is 0 Å². The molecule has 1 aromatic rings. The molecule has 1 rings (SSSR count). The third kappa shape index (κ3) is 1.98. The van der Waals surface area contributed by atoms with E-state index < -0.39 is 0 Å². The predicted molar refractivity (Wildman–Crippen MR) is 44.6 cm³/mol. The Morgan fingerprint density at radius 1 is 0.636 bits per heavy atom. The molecule has 1 aromatic heterocycles. The van der Waals surface area contributed by atoms with Gasteiger partial charge in [0.2, 0.25) is 0 Å². The van der Waals surface area contributed by atoms with Gasteiger partial charge < -0.3 is 5.48 Å². The zero-order valence-corrected chi connectivity index (χ0v) is 7.39. The fourth-order valence-electron chi connectivity index (χ4n) is 0.827. The summed E-state index contributed by atoms with van der Waals surface area (Å²) in [5.74, 6) is 0. The molecule has 0 aliphatic heterocycles. The van der Waals surface area contributed by atoms with Gasteiger partial charge in [0.25, 0.3) is 0 Å². The summed E-state index contributed by atoms with van der Waals surface area (Å²) in [7, 11) is 0. The standard InChI is InChI=1S/C8H12N2.H2O/c1-5-6(2)10-8(4)7(3)9-5;/h1-4H3;1H2. The van der Waals surface area contributed by atoms with E-state index in [0.29, 0.717) is 0 Å². The number of nitrogens with zero attached hydrogens (tertiary/aromatic N) is 2. The maximum absolute atomic E-state index is 4.31. The highest BCUT2D eigenvalue weighted by Gasteiger charge is 1.98. The molecule has 2 N–H and O–H groups in total. The second-order valence-electron chi connectivity index (χ2n) is 2.57. The van der Waals surface area contributed by atoms with E-state index in [-0.39, 0.29) is 5.48 Å². The zero-order chi connectivity index (χ0) is 7.72. The lowest BCUT2D eigenvalue weighted by atomic mass is 10.3. The van der Waals surface area contributed by atoms with Gasteiger partial charge in [-0.2, -0.15) is 0 Å². The predicted octanol–water partition coefficient (Wildman–Crippen LogP) is 0.886. The van der Waals surface area contributed by atoms with Crippen LogP contribution >= 0.6 is 0 Å². The summed E-state index contributed by atoms with van der Waals surface area (Å²) < 4.78 is 0. The van der Waals surface area contributed by atoms with Crippen molar-refractivity contribution in [2.45, 2.75) is 27.7 Å². The monoisotopic (exact) mass is 154 g/mol. The smallest absolute Gasteiger partial charge is 0.0588 e. The molecule has 0 radical (unpaired) electrons. The van der Waals surface area contributed by atoms with E-state index in [9.17, 15) is 0 Å². The Kier molecular flexibility index (Phi) is 3.14. The average molecular weight is 154 g/mol. The Hall–Kier alpha value is -0.960. The highest BCUT2D eigenvalue weighted by Crippen LogP contribution is 2.04. The van der Waals surface area contributed by atoms with Crippen LogP contribution in [0.4, 0.5) is 0 Å². The quantitative estimate of drug-likeness (QED) is 0.557. The molecule has 0 fully saturated rings. The summed E-state index contributed by atoms with van der Waals surface area (Å²) in [5, 5.41) is 0. The lowest BCUT2D eigenvalue weighted by molar-refractivity contribution is 0.824. The molecule has 0 saturated carbocycles. The highest BCUT2D eigenvalue weighted by atomic mass is 16.0. The van der Waals surface area contributed by atoms with Crippen LogP contribution in [-0.2, 0) is 0 Å². The van der Waals surface area contributed by atoms with E-state index in [1.165, 1.54) is 0 Å². The topological polar surface area (TPSA) is 57.3 Å². The first-order valence-electron chi connectivity index (χ1n) is 3.39. The number of rotatable bonds is 0. The third-order valence-electron chi connectivity index (χ3n) is 1.72. The number of hydrogen-bond donors (Lipinski definition) is 0. The molecule has 3 heteroatoms. The number of hydrogen-bond acceptors (Lipinski definition) is 2. The van der Waals surface area contributed by atoms with Crippen LogP contribution in [0.5, 0.6) is 0 Å². The zero-order valence-electron chi connectivity index (χ0n) is 7.39. The van der Waals surface area contributed by atoms with Gasteiger partial charge in [-0.3, -0.25) is 9.97 Å². The maximum atomic E-state index is 4.31.